The Morgan fingerprint density at radius 1 is 1.09 bits per heavy atom. The van der Waals surface area contributed by atoms with Crippen molar-refractivity contribution in [2.75, 3.05) is 13.7 Å². The van der Waals surface area contributed by atoms with Gasteiger partial charge in [-0.1, -0.05) is 20.8 Å². The zero-order valence-corrected chi connectivity index (χ0v) is 14.7. The van der Waals surface area contributed by atoms with Crippen LogP contribution in [0.25, 0.3) is 0 Å². The Bertz CT molecular complexity index is 496. The third-order valence-electron chi connectivity index (χ3n) is 4.75. The lowest BCUT2D eigenvalue weighted by atomic mass is 9.71. The average molecular weight is 319 g/mol. The second-order valence-electron chi connectivity index (χ2n) is 7.45. The average Bonchev–Trinajstić information content (AvgIpc) is 2.53. The third-order valence-corrected chi connectivity index (χ3v) is 4.75. The molecule has 1 aliphatic rings. The molecule has 0 saturated heterocycles. The summed E-state index contributed by atoms with van der Waals surface area (Å²) < 4.78 is 10.6. The normalized spacial score (nSPS) is 21.6. The van der Waals surface area contributed by atoms with Crippen LogP contribution in [0, 0.1) is 11.3 Å². The standard InChI is InChI=1S/C19H29NO3/c1-19(2,3)14-5-7-15(8-6-14)20-18(21)13-23-17-11-9-16(22-4)10-12-17/h9-12,14-15H,5-8,13H2,1-4H3,(H,20,21). The van der Waals surface area contributed by atoms with E-state index in [4.69, 9.17) is 9.47 Å². The van der Waals surface area contributed by atoms with Gasteiger partial charge in [-0.05, 0) is 61.3 Å². The molecule has 2 rings (SSSR count). The van der Waals surface area contributed by atoms with Gasteiger partial charge in [-0.25, -0.2) is 0 Å². The predicted octanol–water partition coefficient (Wildman–Crippen LogP) is 3.80. The van der Waals surface area contributed by atoms with Gasteiger partial charge in [0, 0.05) is 6.04 Å². The number of benzene rings is 1. The number of carbonyl (C=O) groups is 1. The van der Waals surface area contributed by atoms with Gasteiger partial charge < -0.3 is 14.8 Å². The van der Waals surface area contributed by atoms with Crippen molar-refractivity contribution in [3.8, 4) is 11.5 Å². The fourth-order valence-electron chi connectivity index (χ4n) is 3.19. The SMILES string of the molecule is COc1ccc(OCC(=O)NC2CCC(C(C)(C)C)CC2)cc1. The number of hydrogen-bond acceptors (Lipinski definition) is 3. The van der Waals surface area contributed by atoms with E-state index >= 15 is 0 Å². The zero-order valence-electron chi connectivity index (χ0n) is 14.7. The van der Waals surface area contributed by atoms with E-state index in [1.54, 1.807) is 19.2 Å². The lowest BCUT2D eigenvalue weighted by Crippen LogP contribution is -2.41. The van der Waals surface area contributed by atoms with E-state index in [-0.39, 0.29) is 12.5 Å². The first-order valence-corrected chi connectivity index (χ1v) is 8.44. The zero-order chi connectivity index (χ0) is 16.9. The minimum atomic E-state index is -0.0416. The highest BCUT2D eigenvalue weighted by Crippen LogP contribution is 2.37. The molecular weight excluding hydrogens is 290 g/mol. The monoisotopic (exact) mass is 319 g/mol. The van der Waals surface area contributed by atoms with Crippen LogP contribution in [0.15, 0.2) is 24.3 Å². The quantitative estimate of drug-likeness (QED) is 0.898. The minimum absolute atomic E-state index is 0.0416. The van der Waals surface area contributed by atoms with Crippen molar-refractivity contribution in [1.29, 1.82) is 0 Å². The molecule has 0 heterocycles. The van der Waals surface area contributed by atoms with Gasteiger partial charge in [0.25, 0.3) is 5.91 Å². The number of ether oxygens (including phenoxy) is 2. The van der Waals surface area contributed by atoms with E-state index in [1.807, 2.05) is 12.1 Å². The Morgan fingerprint density at radius 3 is 2.17 bits per heavy atom. The number of carbonyl (C=O) groups excluding carboxylic acids is 1. The summed E-state index contributed by atoms with van der Waals surface area (Å²) in [5.74, 6) is 2.17. The fourth-order valence-corrected chi connectivity index (χ4v) is 3.19. The van der Waals surface area contributed by atoms with Gasteiger partial charge in [-0.3, -0.25) is 4.79 Å². The molecule has 0 spiro atoms. The minimum Gasteiger partial charge on any atom is -0.497 e. The van der Waals surface area contributed by atoms with Gasteiger partial charge in [-0.15, -0.1) is 0 Å². The molecule has 23 heavy (non-hydrogen) atoms. The third kappa shape index (κ3) is 5.45. The largest absolute Gasteiger partial charge is 0.497 e. The molecule has 0 aliphatic heterocycles. The summed E-state index contributed by atoms with van der Waals surface area (Å²) in [6, 6.07) is 7.55. The molecule has 0 atom stereocenters. The van der Waals surface area contributed by atoms with Crippen LogP contribution in [0.4, 0.5) is 0 Å². The van der Waals surface area contributed by atoms with Gasteiger partial charge in [0.1, 0.15) is 11.5 Å². The van der Waals surface area contributed by atoms with Crippen LogP contribution in [0.3, 0.4) is 0 Å². The van der Waals surface area contributed by atoms with Crippen LogP contribution in [-0.4, -0.2) is 25.7 Å². The summed E-state index contributed by atoms with van der Waals surface area (Å²) in [6.07, 6.45) is 4.51. The molecule has 0 unspecified atom stereocenters. The van der Waals surface area contributed by atoms with Gasteiger partial charge in [0.05, 0.1) is 7.11 Å². The number of hydrogen-bond donors (Lipinski definition) is 1. The summed E-state index contributed by atoms with van der Waals surface area (Å²) in [6.45, 7) is 6.98. The fraction of sp³-hybridized carbons (Fsp3) is 0.632. The highest BCUT2D eigenvalue weighted by molar-refractivity contribution is 5.77. The summed E-state index contributed by atoms with van der Waals surface area (Å²) in [5.41, 5.74) is 0.368. The van der Waals surface area contributed by atoms with Crippen LogP contribution in [0.2, 0.25) is 0 Å². The van der Waals surface area contributed by atoms with E-state index in [0.717, 1.165) is 24.5 Å². The maximum absolute atomic E-state index is 12.0. The van der Waals surface area contributed by atoms with Crippen molar-refractivity contribution < 1.29 is 14.3 Å². The van der Waals surface area contributed by atoms with E-state index < -0.39 is 0 Å². The van der Waals surface area contributed by atoms with E-state index in [2.05, 4.69) is 26.1 Å². The van der Waals surface area contributed by atoms with Gasteiger partial charge in [0.15, 0.2) is 6.61 Å². The topological polar surface area (TPSA) is 47.6 Å². The van der Waals surface area contributed by atoms with Crippen molar-refractivity contribution in [1.82, 2.24) is 5.32 Å². The van der Waals surface area contributed by atoms with Crippen molar-refractivity contribution in [3.63, 3.8) is 0 Å². The first-order valence-electron chi connectivity index (χ1n) is 8.44. The molecular formula is C19H29NO3. The number of nitrogens with one attached hydrogen (secondary N) is 1. The lowest BCUT2D eigenvalue weighted by molar-refractivity contribution is -0.124. The summed E-state index contributed by atoms with van der Waals surface area (Å²) in [5, 5.41) is 3.10. The van der Waals surface area contributed by atoms with E-state index in [0.29, 0.717) is 17.2 Å². The second kappa shape index (κ2) is 7.71. The molecule has 4 heteroatoms. The van der Waals surface area contributed by atoms with Gasteiger partial charge in [0.2, 0.25) is 0 Å². The highest BCUT2D eigenvalue weighted by atomic mass is 16.5. The molecule has 1 aliphatic carbocycles. The molecule has 1 aromatic rings. The molecule has 1 fully saturated rings. The molecule has 4 nitrogen and oxygen atoms in total. The number of rotatable bonds is 5. The molecule has 1 saturated carbocycles. The van der Waals surface area contributed by atoms with E-state index in [1.165, 1.54) is 12.8 Å². The smallest absolute Gasteiger partial charge is 0.258 e. The maximum atomic E-state index is 12.0. The highest BCUT2D eigenvalue weighted by Gasteiger charge is 2.30. The molecule has 1 amide bonds. The van der Waals surface area contributed by atoms with Crippen molar-refractivity contribution in [2.24, 2.45) is 11.3 Å². The van der Waals surface area contributed by atoms with E-state index in [9.17, 15) is 4.79 Å². The Labute approximate surface area is 139 Å². The molecule has 0 radical (unpaired) electrons. The molecule has 128 valence electrons. The van der Waals surface area contributed by atoms with Crippen molar-refractivity contribution >= 4 is 5.91 Å². The van der Waals surface area contributed by atoms with Crippen LogP contribution < -0.4 is 14.8 Å². The first kappa shape index (κ1) is 17.6. The molecule has 1 aromatic carbocycles. The van der Waals surface area contributed by atoms with Crippen LogP contribution in [0.1, 0.15) is 46.5 Å². The molecule has 0 aromatic heterocycles. The van der Waals surface area contributed by atoms with Gasteiger partial charge >= 0.3 is 0 Å². The second-order valence-corrected chi connectivity index (χ2v) is 7.45. The Balaban J connectivity index is 1.71. The Kier molecular flexibility index (Phi) is 5.91. The van der Waals surface area contributed by atoms with Crippen molar-refractivity contribution in [3.05, 3.63) is 24.3 Å². The Hall–Kier alpha value is -1.71. The van der Waals surface area contributed by atoms with Gasteiger partial charge in [-0.2, -0.15) is 0 Å². The summed E-state index contributed by atoms with van der Waals surface area (Å²) in [7, 11) is 1.62. The number of methoxy groups -OCH3 is 1. The van der Waals surface area contributed by atoms with Crippen molar-refractivity contribution in [2.45, 2.75) is 52.5 Å². The maximum Gasteiger partial charge on any atom is 0.258 e. The predicted molar refractivity (Wildman–Crippen MR) is 91.8 cm³/mol. The summed E-state index contributed by atoms with van der Waals surface area (Å²) in [4.78, 5) is 12.0. The molecule has 1 N–H and O–H groups in total. The lowest BCUT2D eigenvalue weighted by Gasteiger charge is -2.37. The Morgan fingerprint density at radius 2 is 1.65 bits per heavy atom. The van der Waals surface area contributed by atoms with Crippen LogP contribution in [0.5, 0.6) is 11.5 Å². The first-order chi connectivity index (χ1) is 10.9. The van der Waals surface area contributed by atoms with Crippen LogP contribution >= 0.6 is 0 Å². The number of amides is 1. The van der Waals surface area contributed by atoms with Crippen LogP contribution in [-0.2, 0) is 4.79 Å². The summed E-state index contributed by atoms with van der Waals surface area (Å²) >= 11 is 0. The molecule has 0 bridgehead atoms.